The second-order valence-electron chi connectivity index (χ2n) is 4.15. The van der Waals surface area contributed by atoms with Crippen LogP contribution in [-0.2, 0) is 11.3 Å². The molecule has 0 aliphatic carbocycles. The third-order valence-electron chi connectivity index (χ3n) is 2.70. The van der Waals surface area contributed by atoms with E-state index in [2.05, 4.69) is 11.1 Å². The number of imidazole rings is 1. The number of hydrogen-bond donors (Lipinski definition) is 1. The summed E-state index contributed by atoms with van der Waals surface area (Å²) in [5.74, 6) is -0.0469. The van der Waals surface area contributed by atoms with Gasteiger partial charge in [0.1, 0.15) is 6.54 Å². The molecule has 1 aromatic heterocycles. The Morgan fingerprint density at radius 3 is 2.89 bits per heavy atom. The van der Waals surface area contributed by atoms with Crippen molar-refractivity contribution in [2.75, 3.05) is 14.1 Å². The summed E-state index contributed by atoms with van der Waals surface area (Å²) in [4.78, 5) is 16.3. The minimum atomic E-state index is -0.0469. The number of amides is 1. The number of fused-ring (bicyclic) bond motifs is 1. The van der Waals surface area contributed by atoms with E-state index in [0.29, 0.717) is 10.3 Å². The number of aromatic amines is 1. The van der Waals surface area contributed by atoms with Crippen LogP contribution >= 0.6 is 12.2 Å². The maximum Gasteiger partial charge on any atom is 0.242 e. The number of benzene rings is 1. The second kappa shape index (κ2) is 4.63. The molecule has 0 atom stereocenters. The van der Waals surface area contributed by atoms with Gasteiger partial charge in [-0.1, -0.05) is 0 Å². The summed E-state index contributed by atoms with van der Waals surface area (Å²) in [6.07, 6.45) is 0. The lowest BCUT2D eigenvalue weighted by Crippen LogP contribution is -2.26. The van der Waals surface area contributed by atoms with Crippen molar-refractivity contribution in [3.8, 4) is 6.07 Å². The summed E-state index contributed by atoms with van der Waals surface area (Å²) < 4.78 is 2.18. The molecule has 0 radical (unpaired) electrons. The smallest absolute Gasteiger partial charge is 0.242 e. The van der Waals surface area contributed by atoms with Gasteiger partial charge in [0.15, 0.2) is 4.77 Å². The lowest BCUT2D eigenvalue weighted by Gasteiger charge is -2.11. The number of rotatable bonds is 2. The molecule has 2 rings (SSSR count). The molecule has 0 saturated carbocycles. The van der Waals surface area contributed by atoms with Crippen LogP contribution in [0.3, 0.4) is 0 Å². The Labute approximate surface area is 109 Å². The van der Waals surface area contributed by atoms with E-state index in [4.69, 9.17) is 17.5 Å². The van der Waals surface area contributed by atoms with E-state index in [1.54, 1.807) is 36.9 Å². The van der Waals surface area contributed by atoms with Crippen molar-refractivity contribution < 1.29 is 4.79 Å². The topological polar surface area (TPSA) is 64.8 Å². The average Bonchev–Trinajstić information content (AvgIpc) is 2.65. The fourth-order valence-corrected chi connectivity index (χ4v) is 1.93. The molecule has 0 spiro atoms. The Morgan fingerprint density at radius 1 is 1.56 bits per heavy atom. The molecule has 1 aromatic carbocycles. The number of carbonyl (C=O) groups excluding carboxylic acids is 1. The first kappa shape index (κ1) is 12.3. The van der Waals surface area contributed by atoms with E-state index >= 15 is 0 Å². The Kier molecular flexibility index (Phi) is 3.17. The molecule has 1 N–H and O–H groups in total. The van der Waals surface area contributed by atoms with Gasteiger partial charge in [0.25, 0.3) is 0 Å². The highest BCUT2D eigenvalue weighted by molar-refractivity contribution is 7.71. The third-order valence-corrected chi connectivity index (χ3v) is 3.02. The standard InChI is InChI=1S/C12H12N4OS/c1-15(2)11(17)7-16-10-5-8(6-13)3-4-9(10)14-12(16)18/h3-5H,7H2,1-2H3,(H,14,18). The molecular weight excluding hydrogens is 248 g/mol. The van der Waals surface area contributed by atoms with Gasteiger partial charge >= 0.3 is 0 Å². The Bertz CT molecular complexity index is 705. The molecule has 0 saturated heterocycles. The van der Waals surface area contributed by atoms with Crippen molar-refractivity contribution >= 4 is 29.2 Å². The monoisotopic (exact) mass is 260 g/mol. The largest absolute Gasteiger partial charge is 0.347 e. The number of aromatic nitrogens is 2. The first-order valence-corrected chi connectivity index (χ1v) is 5.76. The van der Waals surface area contributed by atoms with Crippen molar-refractivity contribution in [2.24, 2.45) is 0 Å². The number of nitrogens with one attached hydrogen (secondary N) is 1. The minimum Gasteiger partial charge on any atom is -0.347 e. The van der Waals surface area contributed by atoms with E-state index in [0.717, 1.165) is 11.0 Å². The van der Waals surface area contributed by atoms with Crippen molar-refractivity contribution in [1.29, 1.82) is 5.26 Å². The quantitative estimate of drug-likeness (QED) is 0.835. The van der Waals surface area contributed by atoms with Crippen LogP contribution in [0.15, 0.2) is 18.2 Å². The molecule has 0 aliphatic rings. The van der Waals surface area contributed by atoms with Crippen molar-refractivity contribution in [3.63, 3.8) is 0 Å². The molecule has 0 fully saturated rings. The predicted octanol–water partition coefficient (Wildman–Crippen LogP) is 1.66. The number of H-pyrrole nitrogens is 1. The number of carbonyl (C=O) groups is 1. The van der Waals surface area contributed by atoms with Crippen LogP contribution in [0.25, 0.3) is 11.0 Å². The summed E-state index contributed by atoms with van der Waals surface area (Å²) in [6, 6.07) is 7.31. The summed E-state index contributed by atoms with van der Waals surface area (Å²) >= 11 is 5.19. The Balaban J connectivity index is 2.56. The fourth-order valence-electron chi connectivity index (χ4n) is 1.66. The van der Waals surface area contributed by atoms with Crippen LogP contribution in [-0.4, -0.2) is 34.5 Å². The molecule has 18 heavy (non-hydrogen) atoms. The molecule has 6 heteroatoms. The van der Waals surface area contributed by atoms with Crippen molar-refractivity contribution in [2.45, 2.75) is 6.54 Å². The summed E-state index contributed by atoms with van der Waals surface area (Å²) in [6.45, 7) is 0.167. The number of hydrogen-bond acceptors (Lipinski definition) is 3. The minimum absolute atomic E-state index is 0.0469. The number of nitriles is 1. The van der Waals surface area contributed by atoms with Gasteiger partial charge in [0, 0.05) is 14.1 Å². The van der Waals surface area contributed by atoms with Crippen LogP contribution in [0.4, 0.5) is 0 Å². The maximum absolute atomic E-state index is 11.7. The van der Waals surface area contributed by atoms with Gasteiger partial charge in [0.05, 0.1) is 22.7 Å². The van der Waals surface area contributed by atoms with E-state index in [9.17, 15) is 4.79 Å². The van der Waals surface area contributed by atoms with Gasteiger partial charge in [-0.25, -0.2) is 0 Å². The molecule has 0 bridgehead atoms. The Morgan fingerprint density at radius 2 is 2.28 bits per heavy atom. The zero-order valence-electron chi connectivity index (χ0n) is 10.1. The number of likely N-dealkylation sites (N-methyl/N-ethyl adjacent to an activating group) is 1. The van der Waals surface area contributed by atoms with Crippen LogP contribution in [0, 0.1) is 16.1 Å². The molecule has 2 aromatic rings. The Hall–Kier alpha value is -2.13. The molecule has 92 valence electrons. The van der Waals surface area contributed by atoms with Gasteiger partial charge in [-0.2, -0.15) is 5.26 Å². The van der Waals surface area contributed by atoms with Gasteiger partial charge in [-0.15, -0.1) is 0 Å². The molecule has 0 unspecified atom stereocenters. The maximum atomic E-state index is 11.7. The lowest BCUT2D eigenvalue weighted by molar-refractivity contribution is -0.129. The summed E-state index contributed by atoms with van der Waals surface area (Å²) in [5.41, 5.74) is 2.14. The van der Waals surface area contributed by atoms with Gasteiger partial charge in [-0.3, -0.25) is 4.79 Å². The second-order valence-corrected chi connectivity index (χ2v) is 4.53. The normalized spacial score (nSPS) is 10.3. The van der Waals surface area contributed by atoms with E-state index in [1.165, 1.54) is 4.90 Å². The highest BCUT2D eigenvalue weighted by Gasteiger charge is 2.10. The molecule has 0 aliphatic heterocycles. The fraction of sp³-hybridized carbons (Fsp3) is 0.250. The average molecular weight is 260 g/mol. The van der Waals surface area contributed by atoms with Gasteiger partial charge < -0.3 is 14.5 Å². The van der Waals surface area contributed by atoms with Gasteiger partial charge in [-0.05, 0) is 30.4 Å². The first-order valence-electron chi connectivity index (χ1n) is 5.35. The van der Waals surface area contributed by atoms with Crippen molar-refractivity contribution in [1.82, 2.24) is 14.5 Å². The molecule has 5 nitrogen and oxygen atoms in total. The SMILES string of the molecule is CN(C)C(=O)Cn1c(=S)[nH]c2ccc(C#N)cc21. The highest BCUT2D eigenvalue weighted by Crippen LogP contribution is 2.16. The van der Waals surface area contributed by atoms with Crippen LogP contribution in [0.1, 0.15) is 5.56 Å². The summed E-state index contributed by atoms with van der Waals surface area (Å²) in [7, 11) is 3.39. The molecular formula is C12H12N4OS. The van der Waals surface area contributed by atoms with E-state index in [1.807, 2.05) is 0 Å². The zero-order valence-corrected chi connectivity index (χ0v) is 10.9. The highest BCUT2D eigenvalue weighted by atomic mass is 32.1. The van der Waals surface area contributed by atoms with Crippen LogP contribution < -0.4 is 0 Å². The van der Waals surface area contributed by atoms with E-state index in [-0.39, 0.29) is 12.5 Å². The molecule has 1 amide bonds. The third kappa shape index (κ3) is 2.13. The number of nitrogens with zero attached hydrogens (tertiary/aromatic N) is 3. The van der Waals surface area contributed by atoms with Crippen LogP contribution in [0.2, 0.25) is 0 Å². The predicted molar refractivity (Wildman–Crippen MR) is 70.5 cm³/mol. The van der Waals surface area contributed by atoms with Gasteiger partial charge in [0.2, 0.25) is 5.91 Å². The lowest BCUT2D eigenvalue weighted by atomic mass is 10.2. The first-order chi connectivity index (χ1) is 8.52. The summed E-state index contributed by atoms with van der Waals surface area (Å²) in [5, 5.41) is 8.89. The molecule has 1 heterocycles. The van der Waals surface area contributed by atoms with Crippen molar-refractivity contribution in [3.05, 3.63) is 28.5 Å². The zero-order chi connectivity index (χ0) is 13.3. The van der Waals surface area contributed by atoms with E-state index < -0.39 is 0 Å². The van der Waals surface area contributed by atoms with Crippen LogP contribution in [0.5, 0.6) is 0 Å².